The van der Waals surface area contributed by atoms with Gasteiger partial charge in [0.2, 0.25) is 5.91 Å². The minimum Gasteiger partial charge on any atom is -1.00 e. The summed E-state index contributed by atoms with van der Waals surface area (Å²) in [5.41, 5.74) is -0.373. The Kier molecular flexibility index (Phi) is 23.3. The van der Waals surface area contributed by atoms with Gasteiger partial charge in [-0.1, -0.05) is 150 Å². The molecule has 0 saturated heterocycles. The number of hydrogen-bond acceptors (Lipinski definition) is 2. The van der Waals surface area contributed by atoms with Crippen LogP contribution in [-0.4, -0.2) is 49.9 Å². The van der Waals surface area contributed by atoms with E-state index in [1.807, 2.05) is 6.08 Å². The first-order valence-electron chi connectivity index (χ1n) is 18.3. The van der Waals surface area contributed by atoms with Gasteiger partial charge in [-0.2, -0.15) is 0 Å². The van der Waals surface area contributed by atoms with Gasteiger partial charge in [0.25, 0.3) is 0 Å². The third-order valence-corrected chi connectivity index (χ3v) is 9.79. The molecule has 1 saturated carbocycles. The molecule has 0 radical (unpaired) electrons. The van der Waals surface area contributed by atoms with Gasteiger partial charge in [0.1, 0.15) is 0 Å². The SMILES string of the molecule is C=CC[N+](C)(C)CC(C)(C)CNC(=O)C(CCCCCCCC)C(=O)C1(CCCCCCCC)CCCCCCCC1.[Br-]. The second-order valence-electron chi connectivity index (χ2n) is 15.3. The molecule has 0 aromatic heterocycles. The molecular formula is C38H73BrN2O2. The first-order valence-corrected chi connectivity index (χ1v) is 18.3. The lowest BCUT2D eigenvalue weighted by molar-refractivity contribution is -0.890. The van der Waals surface area contributed by atoms with Gasteiger partial charge in [0.05, 0.1) is 33.1 Å². The summed E-state index contributed by atoms with van der Waals surface area (Å²) in [5, 5.41) is 3.32. The highest BCUT2D eigenvalue weighted by molar-refractivity contribution is 6.04. The number of ketones is 1. The maximum absolute atomic E-state index is 14.7. The van der Waals surface area contributed by atoms with Crippen LogP contribution in [0.4, 0.5) is 0 Å². The van der Waals surface area contributed by atoms with Crippen LogP contribution in [0.5, 0.6) is 0 Å². The topological polar surface area (TPSA) is 46.2 Å². The number of hydrogen-bond donors (Lipinski definition) is 1. The quantitative estimate of drug-likeness (QED) is 0.0542. The average Bonchev–Trinajstić information content (AvgIpc) is 3.05. The summed E-state index contributed by atoms with van der Waals surface area (Å²) in [6, 6.07) is 0. The van der Waals surface area contributed by atoms with E-state index in [1.54, 1.807) is 0 Å². The van der Waals surface area contributed by atoms with Gasteiger partial charge in [-0.25, -0.2) is 0 Å². The third-order valence-electron chi connectivity index (χ3n) is 9.79. The van der Waals surface area contributed by atoms with E-state index in [4.69, 9.17) is 0 Å². The number of carbonyl (C=O) groups is 2. The summed E-state index contributed by atoms with van der Waals surface area (Å²) in [4.78, 5) is 28.7. The maximum Gasteiger partial charge on any atom is 0.230 e. The van der Waals surface area contributed by atoms with Crippen LogP contribution < -0.4 is 22.3 Å². The van der Waals surface area contributed by atoms with Crippen molar-refractivity contribution in [2.45, 2.75) is 169 Å². The fraction of sp³-hybridized carbons (Fsp3) is 0.895. The van der Waals surface area contributed by atoms with Gasteiger partial charge in [-0.15, -0.1) is 0 Å². The molecule has 1 atom stereocenters. The molecule has 1 fully saturated rings. The molecule has 1 rings (SSSR count). The minimum atomic E-state index is -0.497. The fourth-order valence-electron chi connectivity index (χ4n) is 7.58. The Morgan fingerprint density at radius 1 is 0.814 bits per heavy atom. The van der Waals surface area contributed by atoms with Crippen LogP contribution in [0.15, 0.2) is 12.7 Å². The molecule has 1 amide bonds. The molecule has 254 valence electrons. The molecule has 0 aliphatic heterocycles. The normalized spacial score (nSPS) is 16.7. The number of unbranched alkanes of at least 4 members (excludes halogenated alkanes) is 10. The van der Waals surface area contributed by atoms with E-state index in [9.17, 15) is 9.59 Å². The fourth-order valence-corrected chi connectivity index (χ4v) is 7.58. The van der Waals surface area contributed by atoms with Gasteiger partial charge in [-0.05, 0) is 31.8 Å². The third kappa shape index (κ3) is 18.2. The lowest BCUT2D eigenvalue weighted by Gasteiger charge is -2.38. The number of amides is 1. The number of Topliss-reactive ketones (excluding diaryl/α,β-unsaturated/α-hetero) is 1. The lowest BCUT2D eigenvalue weighted by Crippen LogP contribution is -3.00. The van der Waals surface area contributed by atoms with Crippen LogP contribution in [0.1, 0.15) is 169 Å². The zero-order chi connectivity index (χ0) is 31.3. The Labute approximate surface area is 279 Å². The van der Waals surface area contributed by atoms with Gasteiger partial charge in [-0.3, -0.25) is 9.59 Å². The summed E-state index contributed by atoms with van der Waals surface area (Å²) in [7, 11) is 4.44. The molecule has 1 aliphatic carbocycles. The van der Waals surface area contributed by atoms with Crippen LogP contribution >= 0.6 is 0 Å². The van der Waals surface area contributed by atoms with Crippen molar-refractivity contribution in [1.82, 2.24) is 5.32 Å². The highest BCUT2D eigenvalue weighted by Crippen LogP contribution is 2.42. The predicted octanol–water partition coefficient (Wildman–Crippen LogP) is 7.20. The van der Waals surface area contributed by atoms with Crippen LogP contribution in [0.2, 0.25) is 0 Å². The Morgan fingerprint density at radius 3 is 1.84 bits per heavy atom. The number of nitrogens with one attached hydrogen (secondary N) is 1. The van der Waals surface area contributed by atoms with Gasteiger partial charge < -0.3 is 26.8 Å². The van der Waals surface area contributed by atoms with Crippen LogP contribution in [0, 0.1) is 16.7 Å². The molecule has 1 unspecified atom stereocenters. The van der Waals surface area contributed by atoms with E-state index in [1.165, 1.54) is 83.5 Å². The van der Waals surface area contributed by atoms with Crippen molar-refractivity contribution in [3.8, 4) is 0 Å². The summed E-state index contributed by atoms with van der Waals surface area (Å²) < 4.78 is 0.841. The van der Waals surface area contributed by atoms with Gasteiger partial charge in [0.15, 0.2) is 5.78 Å². The van der Waals surface area contributed by atoms with E-state index >= 15 is 0 Å². The Bertz CT molecular complexity index is 738. The van der Waals surface area contributed by atoms with Crippen LogP contribution in [-0.2, 0) is 9.59 Å². The smallest absolute Gasteiger partial charge is 0.230 e. The molecule has 0 spiro atoms. The minimum absolute atomic E-state index is 0. The number of quaternary nitrogens is 1. The van der Waals surface area contributed by atoms with Crippen molar-refractivity contribution in [2.24, 2.45) is 16.7 Å². The standard InChI is InChI=1S/C38H72N2O2.BrH/c1-8-11-13-15-19-23-27-34(36(42)39-32-37(4,5)33-40(6,7)31-10-3)35(41)38(28-24-20-16-14-12-9-2)29-25-21-17-18-22-26-30-38;/h10,34H,3,8-9,11-33H2,1-2,4-7H3;1H. The monoisotopic (exact) mass is 668 g/mol. The molecule has 0 aromatic rings. The Balaban J connectivity index is 0.0000176. The molecule has 4 nitrogen and oxygen atoms in total. The van der Waals surface area contributed by atoms with E-state index in [-0.39, 0.29) is 33.7 Å². The van der Waals surface area contributed by atoms with Crippen molar-refractivity contribution >= 4 is 11.7 Å². The zero-order valence-corrected chi connectivity index (χ0v) is 31.3. The number of likely N-dealkylation sites (N-methyl/N-ethyl adjacent to an activating group) is 1. The summed E-state index contributed by atoms with van der Waals surface area (Å²) in [5.74, 6) is -0.203. The Morgan fingerprint density at radius 2 is 1.30 bits per heavy atom. The van der Waals surface area contributed by atoms with E-state index < -0.39 is 5.92 Å². The van der Waals surface area contributed by atoms with E-state index in [0.29, 0.717) is 18.7 Å². The molecule has 1 aliphatic rings. The summed E-state index contributed by atoms with van der Waals surface area (Å²) in [6.45, 7) is 15.4. The second kappa shape index (κ2) is 23.6. The molecular weight excluding hydrogens is 596 g/mol. The van der Waals surface area contributed by atoms with Crippen molar-refractivity contribution < 1.29 is 31.1 Å². The number of nitrogens with zero attached hydrogens (tertiary/aromatic N) is 1. The molecule has 0 aromatic carbocycles. The van der Waals surface area contributed by atoms with E-state index in [2.05, 4.69) is 53.7 Å². The van der Waals surface area contributed by atoms with Crippen molar-refractivity contribution in [2.75, 3.05) is 33.7 Å². The van der Waals surface area contributed by atoms with Crippen molar-refractivity contribution in [3.63, 3.8) is 0 Å². The molecule has 1 N–H and O–H groups in total. The molecule has 5 heteroatoms. The predicted molar refractivity (Wildman–Crippen MR) is 183 cm³/mol. The first-order chi connectivity index (χ1) is 20.0. The highest BCUT2D eigenvalue weighted by atomic mass is 79.9. The zero-order valence-electron chi connectivity index (χ0n) is 29.7. The highest BCUT2D eigenvalue weighted by Gasteiger charge is 2.43. The van der Waals surface area contributed by atoms with E-state index in [0.717, 1.165) is 68.9 Å². The number of halogens is 1. The van der Waals surface area contributed by atoms with Crippen LogP contribution in [0.25, 0.3) is 0 Å². The van der Waals surface area contributed by atoms with Gasteiger partial charge in [0, 0.05) is 17.4 Å². The van der Waals surface area contributed by atoms with Gasteiger partial charge >= 0.3 is 0 Å². The van der Waals surface area contributed by atoms with Crippen molar-refractivity contribution in [1.29, 1.82) is 0 Å². The van der Waals surface area contributed by atoms with Crippen LogP contribution in [0.3, 0.4) is 0 Å². The maximum atomic E-state index is 14.7. The number of rotatable bonds is 23. The molecule has 43 heavy (non-hydrogen) atoms. The first kappa shape index (κ1) is 42.3. The second-order valence-corrected chi connectivity index (χ2v) is 15.3. The molecule has 0 heterocycles. The molecule has 0 bridgehead atoms. The number of carbonyl (C=O) groups excluding carboxylic acids is 2. The summed E-state index contributed by atoms with van der Waals surface area (Å²) in [6.07, 6.45) is 27.5. The lowest BCUT2D eigenvalue weighted by atomic mass is 9.67. The van der Waals surface area contributed by atoms with Crippen molar-refractivity contribution in [3.05, 3.63) is 12.7 Å². The Hall–Kier alpha value is -0.680. The largest absolute Gasteiger partial charge is 1.00 e. The average molecular weight is 670 g/mol. The summed E-state index contributed by atoms with van der Waals surface area (Å²) >= 11 is 0.